The Morgan fingerprint density at radius 3 is 2.48 bits per heavy atom. The van der Waals surface area contributed by atoms with Crippen LogP contribution in [0.25, 0.3) is 5.57 Å². The molecule has 0 aromatic heterocycles. The molecule has 0 unspecified atom stereocenters. The van der Waals surface area contributed by atoms with Gasteiger partial charge in [0, 0.05) is 30.1 Å². The Balaban J connectivity index is 1.55. The zero-order valence-electron chi connectivity index (χ0n) is 18.0. The molecule has 3 aromatic rings. The highest BCUT2D eigenvalue weighted by Gasteiger charge is 2.29. The average molecular weight is 435 g/mol. The van der Waals surface area contributed by atoms with Crippen molar-refractivity contribution in [3.05, 3.63) is 88.7 Å². The molecule has 0 aliphatic carbocycles. The average Bonchev–Trinajstić information content (AvgIpc) is 2.73. The van der Waals surface area contributed by atoms with E-state index in [4.69, 9.17) is 16.3 Å². The number of likely N-dealkylation sites (N-methyl/N-ethyl adjacent to an activating group) is 1. The Labute approximate surface area is 187 Å². The minimum absolute atomic E-state index is 0.160. The SMILES string of the molecule is CC1=CC(C)(C)N(C)c2cc(F)c(C=Nc3ccc(Oc4ccccc4Cl)cc3)cc21. The fourth-order valence-electron chi connectivity index (χ4n) is 3.69. The molecule has 1 heterocycles. The van der Waals surface area contributed by atoms with E-state index in [-0.39, 0.29) is 11.4 Å². The van der Waals surface area contributed by atoms with Crippen molar-refractivity contribution in [1.29, 1.82) is 0 Å². The number of fused-ring (bicyclic) bond motifs is 1. The van der Waals surface area contributed by atoms with Crippen LogP contribution in [-0.4, -0.2) is 18.8 Å². The van der Waals surface area contributed by atoms with Gasteiger partial charge in [0.2, 0.25) is 0 Å². The van der Waals surface area contributed by atoms with Crippen LogP contribution in [0.3, 0.4) is 0 Å². The number of rotatable bonds is 4. The lowest BCUT2D eigenvalue weighted by Gasteiger charge is -2.40. The first kappa shape index (κ1) is 21.1. The number of hydrogen-bond donors (Lipinski definition) is 0. The molecule has 0 fully saturated rings. The van der Waals surface area contributed by atoms with Crippen LogP contribution in [0.15, 0.2) is 71.7 Å². The van der Waals surface area contributed by atoms with Crippen molar-refractivity contribution >= 4 is 34.8 Å². The molecule has 0 amide bonds. The number of nitrogens with zero attached hydrogens (tertiary/aromatic N) is 2. The molecule has 1 aliphatic heterocycles. The third-order valence-corrected chi connectivity index (χ3v) is 5.90. The van der Waals surface area contributed by atoms with E-state index in [1.807, 2.05) is 55.6 Å². The Morgan fingerprint density at radius 1 is 1.06 bits per heavy atom. The van der Waals surface area contributed by atoms with E-state index < -0.39 is 0 Å². The minimum atomic E-state index is -0.293. The number of para-hydroxylation sites is 1. The number of allylic oxidation sites excluding steroid dienone is 1. The zero-order valence-corrected chi connectivity index (χ0v) is 18.7. The Morgan fingerprint density at radius 2 is 1.77 bits per heavy atom. The molecule has 0 saturated carbocycles. The summed E-state index contributed by atoms with van der Waals surface area (Å²) in [5.74, 6) is 0.949. The summed E-state index contributed by atoms with van der Waals surface area (Å²) in [5.41, 5.74) is 4.04. The molecule has 0 saturated heterocycles. The van der Waals surface area contributed by atoms with Gasteiger partial charge in [-0.2, -0.15) is 0 Å². The van der Waals surface area contributed by atoms with E-state index in [2.05, 4.69) is 36.7 Å². The van der Waals surface area contributed by atoms with Crippen LogP contribution >= 0.6 is 11.6 Å². The van der Waals surface area contributed by atoms with Crippen LogP contribution in [0.2, 0.25) is 5.02 Å². The topological polar surface area (TPSA) is 24.8 Å². The second kappa shape index (κ2) is 8.20. The van der Waals surface area contributed by atoms with Crippen LogP contribution < -0.4 is 9.64 Å². The maximum atomic E-state index is 14.8. The van der Waals surface area contributed by atoms with E-state index >= 15 is 0 Å². The molecule has 3 nitrogen and oxygen atoms in total. The van der Waals surface area contributed by atoms with Gasteiger partial charge >= 0.3 is 0 Å². The van der Waals surface area contributed by atoms with Crippen molar-refractivity contribution in [3.63, 3.8) is 0 Å². The maximum absolute atomic E-state index is 14.8. The highest BCUT2D eigenvalue weighted by atomic mass is 35.5. The van der Waals surface area contributed by atoms with Crippen molar-refractivity contribution < 1.29 is 9.13 Å². The molecule has 0 atom stereocenters. The molecular formula is C26H24ClFN2O. The molecule has 5 heteroatoms. The highest BCUT2D eigenvalue weighted by Crippen LogP contribution is 2.39. The van der Waals surface area contributed by atoms with Crippen molar-refractivity contribution in [2.75, 3.05) is 11.9 Å². The van der Waals surface area contributed by atoms with Crippen LogP contribution in [0.1, 0.15) is 31.9 Å². The molecule has 0 radical (unpaired) electrons. The van der Waals surface area contributed by atoms with Crippen LogP contribution in [-0.2, 0) is 0 Å². The molecule has 0 bridgehead atoms. The zero-order chi connectivity index (χ0) is 22.2. The molecule has 0 spiro atoms. The van der Waals surface area contributed by atoms with Crippen LogP contribution in [0.4, 0.5) is 15.8 Å². The molecule has 158 valence electrons. The van der Waals surface area contributed by atoms with Gasteiger partial charge in [0.15, 0.2) is 0 Å². The monoisotopic (exact) mass is 434 g/mol. The van der Waals surface area contributed by atoms with Crippen molar-refractivity contribution in [2.45, 2.75) is 26.3 Å². The predicted molar refractivity (Wildman–Crippen MR) is 128 cm³/mol. The van der Waals surface area contributed by atoms with E-state index in [1.165, 1.54) is 0 Å². The second-order valence-electron chi connectivity index (χ2n) is 8.22. The first-order valence-electron chi connectivity index (χ1n) is 10.1. The van der Waals surface area contributed by atoms with E-state index in [0.717, 1.165) is 16.8 Å². The molecular weight excluding hydrogens is 411 g/mol. The van der Waals surface area contributed by atoms with Gasteiger partial charge in [-0.25, -0.2) is 4.39 Å². The third kappa shape index (κ3) is 4.35. The number of aliphatic imine (C=N–C) groups is 1. The quantitative estimate of drug-likeness (QED) is 0.394. The summed E-state index contributed by atoms with van der Waals surface area (Å²) < 4.78 is 20.6. The molecule has 4 rings (SSSR count). The minimum Gasteiger partial charge on any atom is -0.456 e. The van der Waals surface area contributed by atoms with Crippen LogP contribution in [0, 0.1) is 5.82 Å². The molecule has 31 heavy (non-hydrogen) atoms. The van der Waals surface area contributed by atoms with E-state index in [0.29, 0.717) is 27.8 Å². The van der Waals surface area contributed by atoms with Gasteiger partial charge in [-0.1, -0.05) is 29.8 Å². The summed E-state index contributed by atoms with van der Waals surface area (Å²) in [6.45, 7) is 6.29. The fraction of sp³-hybridized carbons (Fsp3) is 0.192. The summed E-state index contributed by atoms with van der Waals surface area (Å²) in [7, 11) is 1.99. The van der Waals surface area contributed by atoms with Crippen molar-refractivity contribution in [1.82, 2.24) is 0 Å². The second-order valence-corrected chi connectivity index (χ2v) is 8.62. The summed E-state index contributed by atoms with van der Waals surface area (Å²) in [5, 5.41) is 0.547. The lowest BCUT2D eigenvalue weighted by molar-refractivity contribution is 0.483. The Kier molecular flexibility index (Phi) is 5.59. The number of ether oxygens (including phenoxy) is 1. The number of halogens is 2. The van der Waals surface area contributed by atoms with Gasteiger partial charge in [-0.3, -0.25) is 4.99 Å². The summed E-state index contributed by atoms with van der Waals surface area (Å²) >= 11 is 6.13. The van der Waals surface area contributed by atoms with Crippen LogP contribution in [0.5, 0.6) is 11.5 Å². The van der Waals surface area contributed by atoms with Gasteiger partial charge in [0.05, 0.1) is 16.2 Å². The Bertz CT molecular complexity index is 1180. The van der Waals surface area contributed by atoms with Gasteiger partial charge in [-0.05, 0) is 74.9 Å². The highest BCUT2D eigenvalue weighted by molar-refractivity contribution is 6.32. The first-order chi connectivity index (χ1) is 14.7. The van der Waals surface area contributed by atoms with E-state index in [1.54, 1.807) is 18.3 Å². The van der Waals surface area contributed by atoms with Gasteiger partial charge in [-0.15, -0.1) is 0 Å². The number of hydrogen-bond acceptors (Lipinski definition) is 3. The Hall–Kier alpha value is -3.11. The standard InChI is InChI=1S/C26H24ClFN2O/c1-17-15-26(2,3)30(4)24-14-23(28)18(13-21(17)24)16-29-19-9-11-20(12-10-19)31-25-8-6-5-7-22(25)27/h5-16H,1-4H3. The lowest BCUT2D eigenvalue weighted by Crippen LogP contribution is -2.42. The van der Waals surface area contributed by atoms with Gasteiger partial charge in [0.1, 0.15) is 17.3 Å². The summed E-state index contributed by atoms with van der Waals surface area (Å²) in [6.07, 6.45) is 3.76. The number of benzene rings is 3. The number of anilines is 1. The molecule has 1 aliphatic rings. The smallest absolute Gasteiger partial charge is 0.146 e. The van der Waals surface area contributed by atoms with Gasteiger partial charge in [0.25, 0.3) is 0 Å². The van der Waals surface area contributed by atoms with E-state index in [9.17, 15) is 4.39 Å². The summed E-state index contributed by atoms with van der Waals surface area (Å²) in [6, 6.07) is 18.0. The maximum Gasteiger partial charge on any atom is 0.146 e. The molecule has 3 aromatic carbocycles. The lowest BCUT2D eigenvalue weighted by atomic mass is 9.88. The van der Waals surface area contributed by atoms with Crippen molar-refractivity contribution in [3.8, 4) is 11.5 Å². The molecule has 0 N–H and O–H groups in total. The third-order valence-electron chi connectivity index (χ3n) is 5.59. The van der Waals surface area contributed by atoms with Crippen molar-refractivity contribution in [2.24, 2.45) is 4.99 Å². The first-order valence-corrected chi connectivity index (χ1v) is 10.5. The summed E-state index contributed by atoms with van der Waals surface area (Å²) in [4.78, 5) is 6.54. The fourth-order valence-corrected chi connectivity index (χ4v) is 3.86. The van der Waals surface area contributed by atoms with Gasteiger partial charge < -0.3 is 9.64 Å². The predicted octanol–water partition coefficient (Wildman–Crippen LogP) is 7.65. The largest absolute Gasteiger partial charge is 0.456 e. The normalized spacial score (nSPS) is 15.0.